The number of carbonyl (C=O) groups excluding carboxylic acids is 1. The Morgan fingerprint density at radius 2 is 2.22 bits per heavy atom. The SMILES string of the molecule is COCC1CN(C(=O)c2cccnc2C(F)(F)F)CC(C)(C)O1. The van der Waals surface area contributed by atoms with Gasteiger partial charge in [-0.25, -0.2) is 0 Å². The van der Waals surface area contributed by atoms with Crippen molar-refractivity contribution in [1.82, 2.24) is 9.88 Å². The number of carbonyl (C=O) groups is 1. The van der Waals surface area contributed by atoms with Gasteiger partial charge in [-0.3, -0.25) is 9.78 Å². The van der Waals surface area contributed by atoms with Crippen LogP contribution < -0.4 is 0 Å². The molecule has 1 atom stereocenters. The Morgan fingerprint density at radius 1 is 1.52 bits per heavy atom. The standard InChI is InChI=1S/C15H19F3N2O3/c1-14(2)9-20(7-10(23-14)8-22-3)13(21)11-5-4-6-19-12(11)15(16,17)18/h4-6,10H,7-9H2,1-3H3. The molecule has 1 saturated heterocycles. The van der Waals surface area contributed by atoms with Crippen LogP contribution in [0.4, 0.5) is 13.2 Å². The topological polar surface area (TPSA) is 51.7 Å². The van der Waals surface area contributed by atoms with Crippen LogP contribution in [0.25, 0.3) is 0 Å². The molecule has 0 radical (unpaired) electrons. The van der Waals surface area contributed by atoms with Crippen molar-refractivity contribution in [2.45, 2.75) is 31.7 Å². The van der Waals surface area contributed by atoms with Crippen LogP contribution in [-0.2, 0) is 15.7 Å². The first kappa shape index (κ1) is 17.7. The molecule has 2 rings (SSSR count). The summed E-state index contributed by atoms with van der Waals surface area (Å²) in [7, 11) is 1.50. The van der Waals surface area contributed by atoms with E-state index in [0.29, 0.717) is 0 Å². The fourth-order valence-corrected chi connectivity index (χ4v) is 2.70. The monoisotopic (exact) mass is 332 g/mol. The first-order chi connectivity index (χ1) is 10.6. The number of methoxy groups -OCH3 is 1. The van der Waals surface area contributed by atoms with Gasteiger partial charge in [0.2, 0.25) is 0 Å². The molecule has 2 heterocycles. The maximum absolute atomic E-state index is 13.0. The van der Waals surface area contributed by atoms with Gasteiger partial charge in [-0.2, -0.15) is 13.2 Å². The number of morpholine rings is 1. The fraction of sp³-hybridized carbons (Fsp3) is 0.600. The van der Waals surface area contributed by atoms with Crippen molar-refractivity contribution in [2.75, 3.05) is 26.8 Å². The highest BCUT2D eigenvalue weighted by Gasteiger charge is 2.41. The van der Waals surface area contributed by atoms with Crippen LogP contribution in [0.5, 0.6) is 0 Å². The molecule has 0 aromatic carbocycles. The van der Waals surface area contributed by atoms with Crippen LogP contribution in [0.3, 0.4) is 0 Å². The minimum atomic E-state index is -4.68. The number of nitrogens with zero attached hydrogens (tertiary/aromatic N) is 2. The summed E-state index contributed by atoms with van der Waals surface area (Å²) in [5, 5.41) is 0. The Labute approximate surface area is 132 Å². The average molecular weight is 332 g/mol. The lowest BCUT2D eigenvalue weighted by Crippen LogP contribution is -2.55. The van der Waals surface area contributed by atoms with Gasteiger partial charge in [-0.15, -0.1) is 0 Å². The van der Waals surface area contributed by atoms with E-state index < -0.39 is 35.0 Å². The van der Waals surface area contributed by atoms with Crippen molar-refractivity contribution in [3.8, 4) is 0 Å². The minimum absolute atomic E-state index is 0.169. The quantitative estimate of drug-likeness (QED) is 0.853. The molecule has 23 heavy (non-hydrogen) atoms. The summed E-state index contributed by atoms with van der Waals surface area (Å²) in [6.45, 7) is 4.18. The number of hydrogen-bond donors (Lipinski definition) is 0. The second kappa shape index (κ2) is 6.45. The van der Waals surface area contributed by atoms with Gasteiger partial charge in [0.15, 0.2) is 5.69 Å². The van der Waals surface area contributed by atoms with Crippen LogP contribution in [0, 0.1) is 0 Å². The van der Waals surface area contributed by atoms with E-state index in [1.807, 2.05) is 0 Å². The van der Waals surface area contributed by atoms with Crippen molar-refractivity contribution in [3.63, 3.8) is 0 Å². The lowest BCUT2D eigenvalue weighted by molar-refractivity contribution is -0.145. The summed E-state index contributed by atoms with van der Waals surface area (Å²) < 4.78 is 49.9. The third-order valence-corrected chi connectivity index (χ3v) is 3.43. The van der Waals surface area contributed by atoms with Crippen molar-refractivity contribution in [2.24, 2.45) is 0 Å². The molecule has 1 aliphatic rings. The Hall–Kier alpha value is -1.67. The van der Waals surface area contributed by atoms with E-state index in [1.54, 1.807) is 13.8 Å². The lowest BCUT2D eigenvalue weighted by atomic mass is 10.0. The molecule has 0 bridgehead atoms. The van der Waals surface area contributed by atoms with Crippen molar-refractivity contribution in [3.05, 3.63) is 29.6 Å². The highest BCUT2D eigenvalue weighted by molar-refractivity contribution is 5.95. The predicted octanol–water partition coefficient (Wildman–Crippen LogP) is 2.37. The zero-order chi connectivity index (χ0) is 17.3. The first-order valence-corrected chi connectivity index (χ1v) is 7.12. The Morgan fingerprint density at radius 3 is 2.83 bits per heavy atom. The van der Waals surface area contributed by atoms with Crippen LogP contribution in [-0.4, -0.2) is 54.3 Å². The van der Waals surface area contributed by atoms with Crippen LogP contribution in [0.2, 0.25) is 0 Å². The number of halogens is 3. The Bertz CT molecular complexity index is 575. The molecule has 1 aromatic rings. The number of hydrogen-bond acceptors (Lipinski definition) is 4. The Kier molecular flexibility index (Phi) is 4.95. The van der Waals surface area contributed by atoms with Gasteiger partial charge in [0.05, 0.1) is 23.9 Å². The van der Waals surface area contributed by atoms with E-state index in [4.69, 9.17) is 9.47 Å². The predicted molar refractivity (Wildman–Crippen MR) is 76.0 cm³/mol. The normalized spacial score (nSPS) is 21.3. The maximum Gasteiger partial charge on any atom is 0.434 e. The fourth-order valence-electron chi connectivity index (χ4n) is 2.70. The maximum atomic E-state index is 13.0. The largest absolute Gasteiger partial charge is 0.434 e. The molecule has 1 aliphatic heterocycles. The van der Waals surface area contributed by atoms with Gasteiger partial charge in [-0.05, 0) is 26.0 Å². The van der Waals surface area contributed by atoms with Crippen LogP contribution in [0.1, 0.15) is 29.9 Å². The molecule has 1 fully saturated rings. The molecule has 1 aromatic heterocycles. The summed E-state index contributed by atoms with van der Waals surface area (Å²) >= 11 is 0. The highest BCUT2D eigenvalue weighted by atomic mass is 19.4. The van der Waals surface area contributed by atoms with Crippen molar-refractivity contribution in [1.29, 1.82) is 0 Å². The molecular formula is C15H19F3N2O3. The lowest BCUT2D eigenvalue weighted by Gasteiger charge is -2.42. The second-order valence-electron chi connectivity index (χ2n) is 6.04. The van der Waals surface area contributed by atoms with E-state index in [0.717, 1.165) is 12.3 Å². The van der Waals surface area contributed by atoms with E-state index >= 15 is 0 Å². The molecule has 0 spiro atoms. The number of aromatic nitrogens is 1. The van der Waals surface area contributed by atoms with Gasteiger partial charge in [0, 0.05) is 26.4 Å². The zero-order valence-corrected chi connectivity index (χ0v) is 13.2. The molecule has 0 N–H and O–H groups in total. The van der Waals surface area contributed by atoms with Gasteiger partial charge in [0.25, 0.3) is 5.91 Å². The summed E-state index contributed by atoms with van der Waals surface area (Å²) in [6, 6.07) is 2.46. The van der Waals surface area contributed by atoms with E-state index in [1.165, 1.54) is 18.1 Å². The number of amides is 1. The number of rotatable bonds is 3. The van der Waals surface area contributed by atoms with E-state index in [2.05, 4.69) is 4.98 Å². The van der Waals surface area contributed by atoms with E-state index in [-0.39, 0.29) is 19.7 Å². The highest BCUT2D eigenvalue weighted by Crippen LogP contribution is 2.31. The summed E-state index contributed by atoms with van der Waals surface area (Å²) in [5.74, 6) is -0.706. The van der Waals surface area contributed by atoms with Gasteiger partial charge in [0.1, 0.15) is 0 Å². The molecule has 0 saturated carbocycles. The molecule has 5 nitrogen and oxygen atoms in total. The molecule has 0 aliphatic carbocycles. The smallest absolute Gasteiger partial charge is 0.382 e. The number of alkyl halides is 3. The van der Waals surface area contributed by atoms with Gasteiger partial charge < -0.3 is 14.4 Å². The van der Waals surface area contributed by atoms with Gasteiger partial charge in [-0.1, -0.05) is 0 Å². The first-order valence-electron chi connectivity index (χ1n) is 7.12. The van der Waals surface area contributed by atoms with Crippen molar-refractivity contribution < 1.29 is 27.4 Å². The number of pyridine rings is 1. The summed E-state index contributed by atoms with van der Waals surface area (Å²) in [6.07, 6.45) is -4.05. The summed E-state index contributed by atoms with van der Waals surface area (Å²) in [5.41, 5.74) is -2.29. The summed E-state index contributed by atoms with van der Waals surface area (Å²) in [4.78, 5) is 17.3. The second-order valence-corrected chi connectivity index (χ2v) is 6.04. The van der Waals surface area contributed by atoms with Crippen molar-refractivity contribution >= 4 is 5.91 Å². The molecule has 128 valence electrons. The third-order valence-electron chi connectivity index (χ3n) is 3.43. The molecule has 1 unspecified atom stereocenters. The molecule has 1 amide bonds. The van der Waals surface area contributed by atoms with Crippen LogP contribution >= 0.6 is 0 Å². The molecular weight excluding hydrogens is 313 g/mol. The van der Waals surface area contributed by atoms with Crippen LogP contribution in [0.15, 0.2) is 18.3 Å². The third kappa shape index (κ3) is 4.20. The van der Waals surface area contributed by atoms with E-state index in [9.17, 15) is 18.0 Å². The number of ether oxygens (including phenoxy) is 2. The van der Waals surface area contributed by atoms with Gasteiger partial charge >= 0.3 is 6.18 Å². The Balaban J connectivity index is 2.29. The zero-order valence-electron chi connectivity index (χ0n) is 13.2. The molecule has 8 heteroatoms. The minimum Gasteiger partial charge on any atom is -0.382 e. The average Bonchev–Trinajstić information content (AvgIpc) is 2.44.